The number of amides is 2. The van der Waals surface area contributed by atoms with Gasteiger partial charge >= 0.3 is 0 Å². The van der Waals surface area contributed by atoms with Gasteiger partial charge in [0.25, 0.3) is 11.8 Å². The number of thioether (sulfide) groups is 1. The van der Waals surface area contributed by atoms with E-state index in [0.29, 0.717) is 22.0 Å². The first-order chi connectivity index (χ1) is 16.4. The van der Waals surface area contributed by atoms with Gasteiger partial charge in [-0.2, -0.15) is 5.01 Å². The second kappa shape index (κ2) is 10.5. The number of ether oxygens (including phenoxy) is 2. The number of thiocarbonyl (C=S) groups is 1. The summed E-state index contributed by atoms with van der Waals surface area (Å²) >= 11 is 6.39. The molecule has 0 spiro atoms. The molecule has 1 heterocycles. The van der Waals surface area contributed by atoms with E-state index in [-0.39, 0.29) is 16.7 Å². The van der Waals surface area contributed by atoms with Crippen LogP contribution in [0.1, 0.15) is 21.5 Å². The number of hydrogen-bond donors (Lipinski definition) is 1. The number of nitrogens with zero attached hydrogens (tertiary/aromatic N) is 1. The van der Waals surface area contributed by atoms with Crippen molar-refractivity contribution in [2.75, 3.05) is 7.11 Å². The first kappa shape index (κ1) is 23.5. The largest absolute Gasteiger partial charge is 0.497 e. The van der Waals surface area contributed by atoms with Crippen molar-refractivity contribution in [3.8, 4) is 11.5 Å². The molecule has 0 aliphatic carbocycles. The zero-order chi connectivity index (χ0) is 24.1. The van der Waals surface area contributed by atoms with Gasteiger partial charge in [0.15, 0.2) is 4.32 Å². The Bertz CT molecular complexity index is 1260. The van der Waals surface area contributed by atoms with Crippen LogP contribution in [0.2, 0.25) is 0 Å². The second-order valence-corrected chi connectivity index (χ2v) is 8.85. The van der Waals surface area contributed by atoms with Crippen molar-refractivity contribution in [2.24, 2.45) is 0 Å². The second-order valence-electron chi connectivity index (χ2n) is 7.17. The molecule has 9 heteroatoms. The maximum atomic E-state index is 13.1. The molecular formula is C25H19FN2O4S2. The summed E-state index contributed by atoms with van der Waals surface area (Å²) in [6, 6.07) is 19.8. The lowest BCUT2D eigenvalue weighted by Gasteiger charge is -2.15. The summed E-state index contributed by atoms with van der Waals surface area (Å²) in [7, 11) is 1.54. The van der Waals surface area contributed by atoms with Crippen LogP contribution in [0.3, 0.4) is 0 Å². The standard InChI is InChI=1S/C25H19FN2O4S2/c1-31-20-11-7-18(8-12-20)23(29)27-28-24(30)22(34-25(28)33)14-17-3-2-4-21(13-17)32-15-16-5-9-19(26)10-6-16/h2-14H,15H2,1H3,(H,27,29)/b22-14+. The highest BCUT2D eigenvalue weighted by molar-refractivity contribution is 8.26. The minimum Gasteiger partial charge on any atom is -0.497 e. The molecule has 0 aromatic heterocycles. The molecule has 4 rings (SSSR count). The number of hydrazine groups is 1. The quantitative estimate of drug-likeness (QED) is 0.370. The summed E-state index contributed by atoms with van der Waals surface area (Å²) in [5.41, 5.74) is 4.49. The number of rotatable bonds is 7. The zero-order valence-electron chi connectivity index (χ0n) is 18.0. The molecule has 1 fully saturated rings. The summed E-state index contributed by atoms with van der Waals surface area (Å²) in [6.45, 7) is 0.281. The number of halogens is 1. The van der Waals surface area contributed by atoms with E-state index >= 15 is 0 Å². The van der Waals surface area contributed by atoms with Gasteiger partial charge in [0.2, 0.25) is 0 Å². The van der Waals surface area contributed by atoms with Crippen LogP contribution in [-0.2, 0) is 11.4 Å². The Morgan fingerprint density at radius 1 is 1.09 bits per heavy atom. The normalized spacial score (nSPS) is 14.4. The smallest absolute Gasteiger partial charge is 0.285 e. The fraction of sp³-hybridized carbons (Fsp3) is 0.0800. The number of carbonyl (C=O) groups excluding carboxylic acids is 2. The van der Waals surface area contributed by atoms with Gasteiger partial charge in [0.05, 0.1) is 12.0 Å². The van der Waals surface area contributed by atoms with Crippen LogP contribution in [0, 0.1) is 5.82 Å². The lowest BCUT2D eigenvalue weighted by atomic mass is 10.2. The predicted octanol–water partition coefficient (Wildman–Crippen LogP) is 4.96. The van der Waals surface area contributed by atoms with Gasteiger partial charge in [-0.05, 0) is 78.0 Å². The molecule has 0 saturated carbocycles. The van der Waals surface area contributed by atoms with Crippen LogP contribution in [0.15, 0.2) is 77.7 Å². The summed E-state index contributed by atoms with van der Waals surface area (Å²) in [4.78, 5) is 25.8. The lowest BCUT2D eigenvalue weighted by Crippen LogP contribution is -2.44. The van der Waals surface area contributed by atoms with Crippen LogP contribution in [0.25, 0.3) is 6.08 Å². The Balaban J connectivity index is 1.42. The van der Waals surface area contributed by atoms with Gasteiger partial charge in [0, 0.05) is 5.56 Å². The Hall–Kier alpha value is -3.69. The van der Waals surface area contributed by atoms with Gasteiger partial charge in [-0.25, -0.2) is 4.39 Å². The van der Waals surface area contributed by atoms with Crippen LogP contribution in [-0.4, -0.2) is 28.3 Å². The molecule has 3 aromatic carbocycles. The third kappa shape index (κ3) is 5.62. The fourth-order valence-electron chi connectivity index (χ4n) is 3.07. The number of hydrogen-bond acceptors (Lipinski definition) is 6. The van der Waals surface area contributed by atoms with Gasteiger partial charge in [-0.3, -0.25) is 15.0 Å². The molecule has 0 unspecified atom stereocenters. The highest BCUT2D eigenvalue weighted by Gasteiger charge is 2.33. The van der Waals surface area contributed by atoms with Crippen LogP contribution >= 0.6 is 24.0 Å². The molecule has 2 amide bonds. The van der Waals surface area contributed by atoms with E-state index in [2.05, 4.69) is 5.43 Å². The van der Waals surface area contributed by atoms with Gasteiger partial charge in [-0.1, -0.05) is 36.0 Å². The molecule has 1 N–H and O–H groups in total. The number of methoxy groups -OCH3 is 1. The van der Waals surface area contributed by atoms with E-state index in [1.54, 1.807) is 60.7 Å². The Morgan fingerprint density at radius 2 is 1.82 bits per heavy atom. The molecule has 3 aromatic rings. The zero-order valence-corrected chi connectivity index (χ0v) is 19.6. The van der Waals surface area contributed by atoms with Crippen molar-refractivity contribution in [3.05, 3.63) is 100 Å². The minimum atomic E-state index is -0.462. The molecule has 6 nitrogen and oxygen atoms in total. The third-order valence-electron chi connectivity index (χ3n) is 4.83. The van der Waals surface area contributed by atoms with Gasteiger partial charge < -0.3 is 9.47 Å². The van der Waals surface area contributed by atoms with E-state index in [1.807, 2.05) is 6.07 Å². The summed E-state index contributed by atoms with van der Waals surface area (Å²) in [5.74, 6) is 0.0319. The van der Waals surface area contributed by atoms with E-state index in [0.717, 1.165) is 27.9 Å². The number of benzene rings is 3. The van der Waals surface area contributed by atoms with Crippen molar-refractivity contribution in [1.82, 2.24) is 10.4 Å². The topological polar surface area (TPSA) is 67.9 Å². The Labute approximate surface area is 205 Å². The fourth-order valence-corrected chi connectivity index (χ4v) is 4.24. The van der Waals surface area contributed by atoms with Crippen molar-refractivity contribution >= 4 is 46.2 Å². The molecule has 0 radical (unpaired) electrons. The summed E-state index contributed by atoms with van der Waals surface area (Å²) in [5, 5.41) is 1.06. The number of nitrogens with one attached hydrogen (secondary N) is 1. The van der Waals surface area contributed by atoms with Gasteiger partial charge in [-0.15, -0.1) is 0 Å². The highest BCUT2D eigenvalue weighted by Crippen LogP contribution is 2.32. The average Bonchev–Trinajstić information content (AvgIpc) is 3.11. The molecule has 1 aliphatic heterocycles. The van der Waals surface area contributed by atoms with Crippen molar-refractivity contribution < 1.29 is 23.5 Å². The van der Waals surface area contributed by atoms with E-state index in [1.165, 1.54) is 19.2 Å². The van der Waals surface area contributed by atoms with Crippen molar-refractivity contribution in [2.45, 2.75) is 6.61 Å². The van der Waals surface area contributed by atoms with E-state index < -0.39 is 11.8 Å². The van der Waals surface area contributed by atoms with Crippen molar-refractivity contribution in [1.29, 1.82) is 0 Å². The molecule has 1 saturated heterocycles. The van der Waals surface area contributed by atoms with E-state index in [9.17, 15) is 14.0 Å². The molecule has 34 heavy (non-hydrogen) atoms. The molecule has 1 aliphatic rings. The predicted molar refractivity (Wildman–Crippen MR) is 133 cm³/mol. The average molecular weight is 495 g/mol. The lowest BCUT2D eigenvalue weighted by molar-refractivity contribution is -0.123. The van der Waals surface area contributed by atoms with Crippen molar-refractivity contribution in [3.63, 3.8) is 0 Å². The monoisotopic (exact) mass is 494 g/mol. The highest BCUT2D eigenvalue weighted by atomic mass is 32.2. The summed E-state index contributed by atoms with van der Waals surface area (Å²) < 4.78 is 24.1. The first-order valence-corrected chi connectivity index (χ1v) is 11.4. The van der Waals surface area contributed by atoms with E-state index in [4.69, 9.17) is 21.7 Å². The molecule has 0 atom stereocenters. The minimum absolute atomic E-state index is 0.224. The summed E-state index contributed by atoms with van der Waals surface area (Å²) in [6.07, 6.45) is 1.68. The maximum absolute atomic E-state index is 13.1. The Kier molecular flexibility index (Phi) is 7.24. The van der Waals surface area contributed by atoms with Crippen LogP contribution < -0.4 is 14.9 Å². The van der Waals surface area contributed by atoms with Crippen LogP contribution in [0.4, 0.5) is 4.39 Å². The Morgan fingerprint density at radius 3 is 2.53 bits per heavy atom. The first-order valence-electron chi connectivity index (χ1n) is 10.1. The molecular weight excluding hydrogens is 475 g/mol. The SMILES string of the molecule is COc1ccc(C(=O)NN2C(=O)/C(=C\c3cccc(OCc4ccc(F)cc4)c3)SC2=S)cc1. The maximum Gasteiger partial charge on any atom is 0.285 e. The molecule has 0 bridgehead atoms. The third-order valence-corrected chi connectivity index (χ3v) is 6.14. The van der Waals surface area contributed by atoms with Gasteiger partial charge in [0.1, 0.15) is 23.9 Å². The number of carbonyl (C=O) groups is 2. The molecule has 172 valence electrons. The van der Waals surface area contributed by atoms with Crippen LogP contribution in [0.5, 0.6) is 11.5 Å².